The number of aryl methyl sites for hydroxylation is 1. The molecule has 0 bridgehead atoms. The lowest BCUT2D eigenvalue weighted by atomic mass is 10.0. The van der Waals surface area contributed by atoms with Crippen molar-refractivity contribution in [3.05, 3.63) is 48.0 Å². The Kier molecular flexibility index (Phi) is 11.2. The number of amides is 1. The van der Waals surface area contributed by atoms with Gasteiger partial charge in [-0.25, -0.2) is 4.79 Å². The van der Waals surface area contributed by atoms with Crippen molar-refractivity contribution in [1.82, 2.24) is 5.32 Å². The van der Waals surface area contributed by atoms with E-state index in [9.17, 15) is 14.4 Å². The van der Waals surface area contributed by atoms with Gasteiger partial charge in [-0.05, 0) is 62.8 Å². The maximum Gasteiger partial charge on any atom is 0.332 e. The molecule has 0 spiro atoms. The number of fused-ring (bicyclic) bond motifs is 1. The van der Waals surface area contributed by atoms with E-state index in [0.717, 1.165) is 25.7 Å². The molecule has 0 aliphatic carbocycles. The minimum atomic E-state index is -0.576. The summed E-state index contributed by atoms with van der Waals surface area (Å²) in [5, 5.41) is 5.21. The Labute approximate surface area is 203 Å². The van der Waals surface area contributed by atoms with Gasteiger partial charge in [0, 0.05) is 6.42 Å². The van der Waals surface area contributed by atoms with Crippen molar-refractivity contribution in [3.63, 3.8) is 0 Å². The van der Waals surface area contributed by atoms with Crippen molar-refractivity contribution < 1.29 is 23.9 Å². The molecule has 2 aromatic carbocycles. The van der Waals surface area contributed by atoms with E-state index in [-0.39, 0.29) is 25.7 Å². The highest BCUT2D eigenvalue weighted by molar-refractivity contribution is 6.36. The molecule has 0 unspecified atom stereocenters. The average Bonchev–Trinajstić information content (AvgIpc) is 2.78. The topological polar surface area (TPSA) is 81.7 Å². The minimum Gasteiger partial charge on any atom is -0.458 e. The lowest BCUT2D eigenvalue weighted by molar-refractivity contribution is -0.160. The second kappa shape index (κ2) is 13.9. The molecule has 0 radical (unpaired) electrons. The molecule has 0 fully saturated rings. The molecular weight excluding hydrogens is 430 g/mol. The molecule has 1 amide bonds. The Morgan fingerprint density at radius 3 is 2.41 bits per heavy atom. The number of hydrogen-bond donors (Lipinski definition) is 1. The van der Waals surface area contributed by atoms with Crippen molar-refractivity contribution in [2.45, 2.75) is 84.3 Å². The van der Waals surface area contributed by atoms with Gasteiger partial charge in [0.25, 0.3) is 5.91 Å². The number of hydrogen-bond acceptors (Lipinski definition) is 5. The number of benzene rings is 2. The van der Waals surface area contributed by atoms with Crippen LogP contribution in [0.5, 0.6) is 0 Å². The lowest BCUT2D eigenvalue weighted by Crippen LogP contribution is -2.42. The van der Waals surface area contributed by atoms with Gasteiger partial charge in [0.1, 0.15) is 12.2 Å². The average molecular weight is 470 g/mol. The number of carbonyl (C=O) groups is 3. The van der Waals surface area contributed by atoms with Gasteiger partial charge in [0.05, 0.1) is 12.6 Å². The van der Waals surface area contributed by atoms with Crippen LogP contribution in [-0.4, -0.2) is 42.5 Å². The fraction of sp³-hybridized carbons (Fsp3) is 0.536. The number of ether oxygens (including phenoxy) is 2. The summed E-state index contributed by atoms with van der Waals surface area (Å²) >= 11 is 0. The Balaban J connectivity index is 1.73. The van der Waals surface area contributed by atoms with Crippen molar-refractivity contribution in [1.29, 1.82) is 0 Å². The van der Waals surface area contributed by atoms with Crippen molar-refractivity contribution >= 4 is 28.4 Å². The molecule has 2 rings (SSSR count). The van der Waals surface area contributed by atoms with E-state index in [2.05, 4.69) is 42.6 Å². The summed E-state index contributed by atoms with van der Waals surface area (Å²) in [4.78, 5) is 36.6. The van der Waals surface area contributed by atoms with Crippen LogP contribution in [0.4, 0.5) is 0 Å². The summed E-state index contributed by atoms with van der Waals surface area (Å²) in [6.07, 6.45) is 5.13. The quantitative estimate of drug-likeness (QED) is 0.235. The minimum absolute atomic E-state index is 0.167. The first kappa shape index (κ1) is 27.5. The zero-order valence-electron chi connectivity index (χ0n) is 21.0. The van der Waals surface area contributed by atoms with Gasteiger partial charge in [-0.1, -0.05) is 62.2 Å². The van der Waals surface area contributed by atoms with E-state index in [1.54, 1.807) is 20.8 Å². The van der Waals surface area contributed by atoms with E-state index < -0.39 is 23.3 Å². The lowest BCUT2D eigenvalue weighted by Gasteiger charge is -2.21. The van der Waals surface area contributed by atoms with Gasteiger partial charge >= 0.3 is 5.97 Å². The molecule has 34 heavy (non-hydrogen) atoms. The SMILES string of the molecule is CCCC[C@@H](COCC(=O)OC(C)(C)C)NC(=O)C(=O)CCCCc1ccc2ccccc2c1. The van der Waals surface area contributed by atoms with Crippen LogP contribution in [-0.2, 0) is 30.3 Å². The van der Waals surface area contributed by atoms with E-state index in [0.29, 0.717) is 12.8 Å². The number of ketones is 1. The molecule has 6 heteroatoms. The van der Waals surface area contributed by atoms with Gasteiger partial charge in [0.2, 0.25) is 5.78 Å². The number of Topliss-reactive ketones (excluding diaryl/α,β-unsaturated/α-hetero) is 1. The highest BCUT2D eigenvalue weighted by Gasteiger charge is 2.20. The highest BCUT2D eigenvalue weighted by atomic mass is 16.6. The Bertz CT molecular complexity index is 947. The van der Waals surface area contributed by atoms with Crippen LogP contribution in [0.2, 0.25) is 0 Å². The first-order valence-electron chi connectivity index (χ1n) is 12.3. The van der Waals surface area contributed by atoms with Gasteiger partial charge in [-0.3, -0.25) is 9.59 Å². The normalized spacial score (nSPS) is 12.4. The van der Waals surface area contributed by atoms with E-state index in [4.69, 9.17) is 9.47 Å². The second-order valence-electron chi connectivity index (χ2n) is 9.73. The largest absolute Gasteiger partial charge is 0.458 e. The summed E-state index contributed by atoms with van der Waals surface area (Å²) in [7, 11) is 0. The monoisotopic (exact) mass is 469 g/mol. The molecule has 1 atom stereocenters. The van der Waals surface area contributed by atoms with Crippen molar-refractivity contribution in [2.24, 2.45) is 0 Å². The van der Waals surface area contributed by atoms with Gasteiger partial charge in [0.15, 0.2) is 0 Å². The first-order valence-corrected chi connectivity index (χ1v) is 12.3. The summed E-state index contributed by atoms with van der Waals surface area (Å²) < 4.78 is 10.7. The van der Waals surface area contributed by atoms with E-state index >= 15 is 0 Å². The molecule has 0 heterocycles. The molecule has 6 nitrogen and oxygen atoms in total. The summed E-state index contributed by atoms with van der Waals surface area (Å²) in [6, 6.07) is 14.3. The van der Waals surface area contributed by atoms with Crippen molar-refractivity contribution in [2.75, 3.05) is 13.2 Å². The molecule has 1 N–H and O–H groups in total. The Morgan fingerprint density at radius 2 is 1.71 bits per heavy atom. The summed E-state index contributed by atoms with van der Waals surface area (Å²) in [5.41, 5.74) is 0.661. The highest BCUT2D eigenvalue weighted by Crippen LogP contribution is 2.17. The number of nitrogens with one attached hydrogen (secondary N) is 1. The molecule has 0 aliphatic rings. The van der Waals surface area contributed by atoms with Crippen LogP contribution < -0.4 is 5.32 Å². The molecule has 2 aromatic rings. The van der Waals surface area contributed by atoms with Gasteiger partial charge < -0.3 is 14.8 Å². The standard InChI is InChI=1S/C28H39NO5/c1-5-6-14-24(19-33-20-26(31)34-28(2,3)4)29-27(32)25(30)15-10-7-11-21-16-17-22-12-8-9-13-23(22)18-21/h8-9,12-13,16-18,24H,5-7,10-11,14-15,19-20H2,1-4H3,(H,29,32)/t24-/m0/s1. The third kappa shape index (κ3) is 10.5. The zero-order chi connectivity index (χ0) is 25.0. The molecule has 186 valence electrons. The molecule has 0 saturated heterocycles. The third-order valence-electron chi connectivity index (χ3n) is 5.39. The predicted molar refractivity (Wildman–Crippen MR) is 135 cm³/mol. The van der Waals surface area contributed by atoms with E-state index in [1.165, 1.54) is 16.3 Å². The van der Waals surface area contributed by atoms with Crippen molar-refractivity contribution in [3.8, 4) is 0 Å². The smallest absolute Gasteiger partial charge is 0.332 e. The molecule has 0 saturated carbocycles. The summed E-state index contributed by atoms with van der Waals surface area (Å²) in [6.45, 7) is 7.42. The fourth-order valence-electron chi connectivity index (χ4n) is 3.69. The van der Waals surface area contributed by atoms with Crippen LogP contribution in [0.15, 0.2) is 42.5 Å². The maximum absolute atomic E-state index is 12.4. The van der Waals surface area contributed by atoms with Crippen LogP contribution in [0.25, 0.3) is 10.8 Å². The number of rotatable bonds is 14. The maximum atomic E-state index is 12.4. The number of esters is 1. The Hall–Kier alpha value is -2.73. The number of unbranched alkanes of at least 4 members (excludes halogenated alkanes) is 2. The summed E-state index contributed by atoms with van der Waals surface area (Å²) in [5.74, 6) is -1.43. The Morgan fingerprint density at radius 1 is 0.971 bits per heavy atom. The number of carbonyl (C=O) groups excluding carboxylic acids is 3. The fourth-order valence-corrected chi connectivity index (χ4v) is 3.69. The second-order valence-corrected chi connectivity index (χ2v) is 9.73. The molecule has 0 aromatic heterocycles. The first-order chi connectivity index (χ1) is 16.2. The third-order valence-corrected chi connectivity index (χ3v) is 5.39. The van der Waals surface area contributed by atoms with Crippen LogP contribution in [0.3, 0.4) is 0 Å². The van der Waals surface area contributed by atoms with Crippen LogP contribution >= 0.6 is 0 Å². The van der Waals surface area contributed by atoms with E-state index in [1.807, 2.05) is 12.1 Å². The molecular formula is C28H39NO5. The van der Waals surface area contributed by atoms with Crippen LogP contribution in [0.1, 0.15) is 71.8 Å². The predicted octanol–water partition coefficient (Wildman–Crippen LogP) is 5.16. The molecule has 0 aliphatic heterocycles. The zero-order valence-corrected chi connectivity index (χ0v) is 21.0. The van der Waals surface area contributed by atoms with Gasteiger partial charge in [-0.15, -0.1) is 0 Å². The van der Waals surface area contributed by atoms with Gasteiger partial charge in [-0.2, -0.15) is 0 Å². The van der Waals surface area contributed by atoms with Crippen LogP contribution in [0, 0.1) is 0 Å².